The van der Waals surface area contributed by atoms with Crippen LogP contribution >= 0.6 is 15.9 Å². The summed E-state index contributed by atoms with van der Waals surface area (Å²) in [5.41, 5.74) is 0.607. The zero-order valence-electron chi connectivity index (χ0n) is 11.8. The van der Waals surface area contributed by atoms with Crippen molar-refractivity contribution in [1.82, 2.24) is 9.80 Å². The molecule has 0 saturated carbocycles. The van der Waals surface area contributed by atoms with Gasteiger partial charge in [0.2, 0.25) is 5.91 Å². The van der Waals surface area contributed by atoms with E-state index >= 15 is 0 Å². The molecule has 1 aliphatic heterocycles. The zero-order chi connectivity index (χ0) is 14.0. The highest BCUT2D eigenvalue weighted by atomic mass is 79.9. The second-order valence-corrected chi connectivity index (χ2v) is 6.64. The van der Waals surface area contributed by atoms with Crippen molar-refractivity contribution in [3.8, 4) is 0 Å². The summed E-state index contributed by atoms with van der Waals surface area (Å²) in [6.07, 6.45) is 0. The van der Waals surface area contributed by atoms with E-state index in [1.54, 1.807) is 0 Å². The lowest BCUT2D eigenvalue weighted by Gasteiger charge is -2.37. The number of likely N-dealkylation sites (N-methyl/N-ethyl adjacent to an activating group) is 1. The fourth-order valence-electron chi connectivity index (χ4n) is 2.39. The van der Waals surface area contributed by atoms with Gasteiger partial charge in [0.1, 0.15) is 0 Å². The third kappa shape index (κ3) is 3.18. The van der Waals surface area contributed by atoms with E-state index in [4.69, 9.17) is 0 Å². The normalized spacial score (nSPS) is 17.6. The molecule has 0 unspecified atom stereocenters. The number of carbonyl (C=O) groups excluding carboxylic acids is 1. The Hall–Kier alpha value is -0.870. The van der Waals surface area contributed by atoms with Gasteiger partial charge in [0.25, 0.3) is 0 Å². The zero-order valence-corrected chi connectivity index (χ0v) is 13.4. The van der Waals surface area contributed by atoms with Crippen molar-refractivity contribution in [2.45, 2.75) is 19.3 Å². The number of piperazine rings is 1. The summed E-state index contributed by atoms with van der Waals surface area (Å²) in [6.45, 7) is 7.60. The number of hydrogen-bond acceptors (Lipinski definition) is 2. The summed E-state index contributed by atoms with van der Waals surface area (Å²) in [4.78, 5) is 17.0. The second-order valence-electron chi connectivity index (χ2n) is 5.73. The van der Waals surface area contributed by atoms with Crippen molar-refractivity contribution < 1.29 is 4.79 Å². The Balaban J connectivity index is 2.14. The largest absolute Gasteiger partial charge is 0.339 e. The molecule has 1 aromatic rings. The number of hydrogen-bond donors (Lipinski definition) is 0. The summed E-state index contributed by atoms with van der Waals surface area (Å²) < 4.78 is 1.04. The van der Waals surface area contributed by atoms with Crippen molar-refractivity contribution in [3.63, 3.8) is 0 Å². The number of halogens is 1. The fourth-order valence-corrected chi connectivity index (χ4v) is 2.66. The molecular weight excluding hydrogens is 304 g/mol. The average Bonchev–Trinajstić information content (AvgIpc) is 2.39. The van der Waals surface area contributed by atoms with Crippen molar-refractivity contribution in [2.75, 3.05) is 33.2 Å². The number of rotatable bonds is 2. The average molecular weight is 325 g/mol. The van der Waals surface area contributed by atoms with Crippen molar-refractivity contribution in [2.24, 2.45) is 0 Å². The van der Waals surface area contributed by atoms with E-state index < -0.39 is 5.41 Å². The number of carbonyl (C=O) groups is 1. The molecule has 0 spiro atoms. The van der Waals surface area contributed by atoms with Crippen LogP contribution in [0, 0.1) is 0 Å². The summed E-state index contributed by atoms with van der Waals surface area (Å²) in [5, 5.41) is 0. The molecule has 0 bridgehead atoms. The maximum atomic E-state index is 12.7. The maximum absolute atomic E-state index is 12.7. The molecule has 3 nitrogen and oxygen atoms in total. The van der Waals surface area contributed by atoms with Gasteiger partial charge in [-0.1, -0.05) is 28.1 Å². The minimum atomic E-state index is -0.462. The van der Waals surface area contributed by atoms with E-state index in [1.165, 1.54) is 0 Å². The van der Waals surface area contributed by atoms with E-state index in [2.05, 4.69) is 27.9 Å². The maximum Gasteiger partial charge on any atom is 0.232 e. The smallest absolute Gasteiger partial charge is 0.232 e. The van der Waals surface area contributed by atoms with Crippen LogP contribution < -0.4 is 0 Å². The molecule has 4 heteroatoms. The van der Waals surface area contributed by atoms with Crippen LogP contribution in [-0.2, 0) is 10.2 Å². The Bertz CT molecular complexity index is 448. The highest BCUT2D eigenvalue weighted by molar-refractivity contribution is 9.10. The minimum Gasteiger partial charge on any atom is -0.339 e. The fraction of sp³-hybridized carbons (Fsp3) is 0.533. The topological polar surface area (TPSA) is 23.6 Å². The Labute approximate surface area is 123 Å². The van der Waals surface area contributed by atoms with Crippen LogP contribution in [0.5, 0.6) is 0 Å². The highest BCUT2D eigenvalue weighted by Crippen LogP contribution is 2.27. The van der Waals surface area contributed by atoms with Crippen molar-refractivity contribution in [1.29, 1.82) is 0 Å². The molecule has 19 heavy (non-hydrogen) atoms. The highest BCUT2D eigenvalue weighted by Gasteiger charge is 2.34. The van der Waals surface area contributed by atoms with Gasteiger partial charge >= 0.3 is 0 Å². The Morgan fingerprint density at radius 2 is 1.63 bits per heavy atom. The first-order valence-corrected chi connectivity index (χ1v) is 7.44. The summed E-state index contributed by atoms with van der Waals surface area (Å²) >= 11 is 3.43. The van der Waals surface area contributed by atoms with E-state index in [0.717, 1.165) is 36.2 Å². The first kappa shape index (κ1) is 14.5. The van der Waals surface area contributed by atoms with Gasteiger partial charge < -0.3 is 9.80 Å². The Morgan fingerprint density at radius 1 is 1.11 bits per heavy atom. The quantitative estimate of drug-likeness (QED) is 0.834. The van der Waals surface area contributed by atoms with Gasteiger partial charge in [-0.25, -0.2) is 0 Å². The molecule has 0 radical (unpaired) electrons. The molecule has 2 rings (SSSR count). The van der Waals surface area contributed by atoms with Gasteiger partial charge in [0.15, 0.2) is 0 Å². The van der Waals surface area contributed by atoms with E-state index in [0.29, 0.717) is 0 Å². The van der Waals surface area contributed by atoms with E-state index in [-0.39, 0.29) is 5.91 Å². The van der Waals surface area contributed by atoms with Crippen LogP contribution in [0.2, 0.25) is 0 Å². The van der Waals surface area contributed by atoms with Crippen LogP contribution in [0.25, 0.3) is 0 Å². The SMILES string of the molecule is CN1CCN(C(=O)C(C)(C)c2ccc(Br)cc2)CC1. The first-order valence-electron chi connectivity index (χ1n) is 6.65. The van der Waals surface area contributed by atoms with E-state index in [9.17, 15) is 4.79 Å². The predicted octanol–water partition coefficient (Wildman–Crippen LogP) is 2.50. The van der Waals surface area contributed by atoms with Crippen LogP contribution in [0.15, 0.2) is 28.7 Å². The van der Waals surface area contributed by atoms with Gasteiger partial charge in [0, 0.05) is 30.7 Å². The van der Waals surface area contributed by atoms with Crippen LogP contribution in [0.3, 0.4) is 0 Å². The molecule has 1 saturated heterocycles. The van der Waals surface area contributed by atoms with Crippen LogP contribution in [0.4, 0.5) is 0 Å². The van der Waals surface area contributed by atoms with E-state index in [1.807, 2.05) is 43.0 Å². The second kappa shape index (κ2) is 5.63. The van der Waals surface area contributed by atoms with Gasteiger partial charge in [-0.05, 0) is 38.6 Å². The molecule has 0 aromatic heterocycles. The molecule has 104 valence electrons. The third-order valence-corrected chi connectivity index (χ3v) is 4.42. The molecule has 1 amide bonds. The van der Waals surface area contributed by atoms with Crippen molar-refractivity contribution in [3.05, 3.63) is 34.3 Å². The Morgan fingerprint density at radius 3 is 2.16 bits per heavy atom. The monoisotopic (exact) mass is 324 g/mol. The third-order valence-electron chi connectivity index (χ3n) is 3.89. The van der Waals surface area contributed by atoms with Gasteiger partial charge in [-0.15, -0.1) is 0 Å². The van der Waals surface area contributed by atoms with Gasteiger partial charge in [0.05, 0.1) is 5.41 Å². The standard InChI is InChI=1S/C15H21BrN2O/c1-15(2,12-4-6-13(16)7-5-12)14(19)18-10-8-17(3)9-11-18/h4-7H,8-11H2,1-3H3. The molecule has 1 aliphatic rings. The number of nitrogens with zero attached hydrogens (tertiary/aromatic N) is 2. The predicted molar refractivity (Wildman–Crippen MR) is 81.2 cm³/mol. The summed E-state index contributed by atoms with van der Waals surface area (Å²) in [7, 11) is 2.10. The molecule has 0 N–H and O–H groups in total. The lowest BCUT2D eigenvalue weighted by molar-refractivity contribution is -0.137. The summed E-state index contributed by atoms with van der Waals surface area (Å²) in [6, 6.07) is 8.04. The van der Waals surface area contributed by atoms with Crippen LogP contribution in [0.1, 0.15) is 19.4 Å². The van der Waals surface area contributed by atoms with Crippen LogP contribution in [-0.4, -0.2) is 48.9 Å². The number of benzene rings is 1. The minimum absolute atomic E-state index is 0.225. The van der Waals surface area contributed by atoms with Gasteiger partial charge in [-0.3, -0.25) is 4.79 Å². The first-order chi connectivity index (χ1) is 8.91. The number of amides is 1. The summed E-state index contributed by atoms with van der Waals surface area (Å²) in [5.74, 6) is 0.225. The molecule has 1 heterocycles. The Kier molecular flexibility index (Phi) is 4.31. The molecule has 1 aromatic carbocycles. The molecule has 0 atom stereocenters. The molecule has 1 fully saturated rings. The van der Waals surface area contributed by atoms with Crippen molar-refractivity contribution >= 4 is 21.8 Å². The molecule has 0 aliphatic carbocycles. The molecular formula is C15H21BrN2O. The lowest BCUT2D eigenvalue weighted by Crippen LogP contribution is -2.52. The van der Waals surface area contributed by atoms with Gasteiger partial charge in [-0.2, -0.15) is 0 Å². The lowest BCUT2D eigenvalue weighted by atomic mass is 9.83.